The van der Waals surface area contributed by atoms with Crippen LogP contribution in [0.1, 0.15) is 25.7 Å². The number of nitrogens with zero attached hydrogens (tertiary/aromatic N) is 1. The number of carbonyl (C=O) groups is 5. The van der Waals surface area contributed by atoms with Gasteiger partial charge in [-0.25, -0.2) is 9.59 Å². The van der Waals surface area contributed by atoms with Crippen molar-refractivity contribution >= 4 is 30.0 Å². The minimum atomic E-state index is -1.09. The van der Waals surface area contributed by atoms with Crippen molar-refractivity contribution < 1.29 is 52.9 Å². The number of nitrogens with one attached hydrogen (secondary N) is 1. The number of ether oxygens (including phenoxy) is 4. The van der Waals surface area contributed by atoms with E-state index in [1.54, 1.807) is 0 Å². The summed E-state index contributed by atoms with van der Waals surface area (Å²) in [5.41, 5.74) is 0. The van der Waals surface area contributed by atoms with Crippen LogP contribution in [0.3, 0.4) is 0 Å². The number of imide groups is 1. The highest BCUT2D eigenvalue weighted by molar-refractivity contribution is 6.01. The molecular formula is C16H26N2O11. The molecule has 0 saturated carbocycles. The number of methoxy groups -OCH3 is 2. The molecular weight excluding hydrogens is 396 g/mol. The summed E-state index contributed by atoms with van der Waals surface area (Å²) >= 11 is 0. The number of hydrogen-bond donors (Lipinski definition) is 2. The third-order valence-corrected chi connectivity index (χ3v) is 3.04. The second-order valence-corrected chi connectivity index (χ2v) is 5.32. The number of hydrogen-bond acceptors (Lipinski definition) is 10. The lowest BCUT2D eigenvalue weighted by Crippen LogP contribution is -2.32. The van der Waals surface area contributed by atoms with Gasteiger partial charge in [0.2, 0.25) is 0 Å². The lowest BCUT2D eigenvalue weighted by Gasteiger charge is -2.11. The van der Waals surface area contributed by atoms with Crippen molar-refractivity contribution in [3.8, 4) is 0 Å². The highest BCUT2D eigenvalue weighted by atomic mass is 16.8. The molecule has 2 N–H and O–H groups in total. The molecule has 1 saturated heterocycles. The molecule has 0 spiro atoms. The van der Waals surface area contributed by atoms with E-state index in [9.17, 15) is 24.0 Å². The molecule has 0 aromatic carbocycles. The molecule has 3 amide bonds. The monoisotopic (exact) mass is 422 g/mol. The number of amides is 3. The Hall–Kier alpha value is -2.93. The first-order valence-corrected chi connectivity index (χ1v) is 8.62. The van der Waals surface area contributed by atoms with E-state index in [1.807, 2.05) is 0 Å². The first-order chi connectivity index (χ1) is 13.8. The van der Waals surface area contributed by atoms with Gasteiger partial charge in [0, 0.05) is 40.0 Å². The Balaban J connectivity index is 0.000000543. The van der Waals surface area contributed by atoms with Crippen molar-refractivity contribution in [1.29, 1.82) is 0 Å². The molecule has 0 aromatic rings. The van der Waals surface area contributed by atoms with Crippen LogP contribution in [-0.2, 0) is 38.2 Å². The lowest BCUT2D eigenvalue weighted by molar-refractivity contribution is -0.177. The van der Waals surface area contributed by atoms with Gasteiger partial charge in [-0.15, -0.1) is 0 Å². The van der Waals surface area contributed by atoms with Crippen molar-refractivity contribution in [1.82, 2.24) is 10.4 Å². The highest BCUT2D eigenvalue weighted by Crippen LogP contribution is 2.12. The molecule has 0 atom stereocenters. The Morgan fingerprint density at radius 2 is 1.52 bits per heavy atom. The summed E-state index contributed by atoms with van der Waals surface area (Å²) in [6.07, 6.45) is -1.08. The van der Waals surface area contributed by atoms with Gasteiger partial charge in [-0.2, -0.15) is 0 Å². The summed E-state index contributed by atoms with van der Waals surface area (Å²) in [4.78, 5) is 58.2. The van der Waals surface area contributed by atoms with Gasteiger partial charge in [0.15, 0.2) is 0 Å². The molecule has 29 heavy (non-hydrogen) atoms. The Bertz CT molecular complexity index is 537. The van der Waals surface area contributed by atoms with Crippen LogP contribution in [0.15, 0.2) is 0 Å². The minimum Gasteiger partial charge on any atom is -0.481 e. The van der Waals surface area contributed by atoms with E-state index in [4.69, 9.17) is 5.11 Å². The topological polar surface area (TPSA) is 167 Å². The summed E-state index contributed by atoms with van der Waals surface area (Å²) in [5.74, 6) is -1.95. The van der Waals surface area contributed by atoms with E-state index >= 15 is 0 Å². The van der Waals surface area contributed by atoms with E-state index in [2.05, 4.69) is 29.1 Å². The minimum absolute atomic E-state index is 0.00551. The number of hydroxylamine groups is 2. The Kier molecular flexibility index (Phi) is 14.4. The summed E-state index contributed by atoms with van der Waals surface area (Å²) in [6.45, 7) is 1.07. The van der Waals surface area contributed by atoms with Gasteiger partial charge in [-0.05, 0) is 6.42 Å². The first-order valence-electron chi connectivity index (χ1n) is 8.62. The van der Waals surface area contributed by atoms with Gasteiger partial charge in [-0.3, -0.25) is 19.2 Å². The number of carboxylic acids is 1. The standard InChI is InChI=1S/C8H11NO6.C8H15NO5/c1-13-4-5-14-8(12)15-9-6(10)2-3-7(9)11;1-13-5-6-14-8(12)9-4-2-3-7(10)11/h2-5H2,1H3;2-6H2,1H3,(H,9,12)(H,10,11). The zero-order valence-corrected chi connectivity index (χ0v) is 16.3. The number of carbonyl (C=O) groups excluding carboxylic acids is 4. The van der Waals surface area contributed by atoms with Crippen molar-refractivity contribution in [2.75, 3.05) is 47.2 Å². The average molecular weight is 422 g/mol. The molecule has 1 rings (SSSR count). The molecule has 1 aliphatic heterocycles. The van der Waals surface area contributed by atoms with Gasteiger partial charge in [0.25, 0.3) is 11.8 Å². The predicted octanol–water partition coefficient (Wildman–Crippen LogP) is 0.0738. The second-order valence-electron chi connectivity index (χ2n) is 5.32. The molecule has 1 fully saturated rings. The van der Waals surface area contributed by atoms with Crippen LogP contribution in [0, 0.1) is 0 Å². The van der Waals surface area contributed by atoms with E-state index in [-0.39, 0.29) is 39.1 Å². The van der Waals surface area contributed by atoms with Crippen LogP contribution in [0.5, 0.6) is 0 Å². The molecule has 13 nitrogen and oxygen atoms in total. The molecule has 0 aromatic heterocycles. The SMILES string of the molecule is COCCOC(=O)NCCCC(=O)O.COCCOC(=O)ON1C(=O)CCC1=O. The average Bonchev–Trinajstić information content (AvgIpc) is 2.98. The van der Waals surface area contributed by atoms with Crippen LogP contribution < -0.4 is 5.32 Å². The fraction of sp³-hybridized carbons (Fsp3) is 0.688. The van der Waals surface area contributed by atoms with Crippen molar-refractivity contribution in [3.05, 3.63) is 0 Å². The van der Waals surface area contributed by atoms with Crippen LogP contribution in [0.2, 0.25) is 0 Å². The maximum absolute atomic E-state index is 11.0. The lowest BCUT2D eigenvalue weighted by atomic mass is 10.3. The van der Waals surface area contributed by atoms with E-state index in [0.717, 1.165) is 0 Å². The van der Waals surface area contributed by atoms with E-state index in [0.29, 0.717) is 24.6 Å². The summed E-state index contributed by atoms with van der Waals surface area (Å²) in [7, 11) is 2.95. The van der Waals surface area contributed by atoms with Crippen LogP contribution in [0.4, 0.5) is 9.59 Å². The third-order valence-electron chi connectivity index (χ3n) is 3.04. The Morgan fingerprint density at radius 3 is 2.03 bits per heavy atom. The van der Waals surface area contributed by atoms with Gasteiger partial charge < -0.3 is 29.4 Å². The molecule has 1 heterocycles. The van der Waals surface area contributed by atoms with Crippen LogP contribution in [-0.4, -0.2) is 87.4 Å². The fourth-order valence-electron chi connectivity index (χ4n) is 1.67. The number of carboxylic acid groups (broad SMARTS) is 1. The van der Waals surface area contributed by atoms with Crippen molar-refractivity contribution in [2.24, 2.45) is 0 Å². The Labute approximate surface area is 167 Å². The molecule has 0 aliphatic carbocycles. The zero-order valence-electron chi connectivity index (χ0n) is 16.3. The number of rotatable bonds is 11. The number of alkyl carbamates (subject to hydrolysis) is 1. The highest BCUT2D eigenvalue weighted by Gasteiger charge is 2.33. The molecule has 0 radical (unpaired) electrons. The van der Waals surface area contributed by atoms with Gasteiger partial charge in [-0.1, -0.05) is 5.06 Å². The predicted molar refractivity (Wildman–Crippen MR) is 93.5 cm³/mol. The van der Waals surface area contributed by atoms with Crippen molar-refractivity contribution in [3.63, 3.8) is 0 Å². The Morgan fingerprint density at radius 1 is 0.966 bits per heavy atom. The van der Waals surface area contributed by atoms with Gasteiger partial charge >= 0.3 is 18.2 Å². The van der Waals surface area contributed by atoms with Crippen molar-refractivity contribution in [2.45, 2.75) is 25.7 Å². The van der Waals surface area contributed by atoms with Crippen LogP contribution in [0.25, 0.3) is 0 Å². The summed E-state index contributed by atoms with van der Waals surface area (Å²) < 4.78 is 18.5. The molecule has 166 valence electrons. The normalized spacial score (nSPS) is 12.7. The zero-order chi connectivity index (χ0) is 22.1. The van der Waals surface area contributed by atoms with Crippen LogP contribution >= 0.6 is 0 Å². The second kappa shape index (κ2) is 16.1. The first kappa shape index (κ1) is 26.1. The molecule has 1 aliphatic rings. The maximum atomic E-state index is 11.0. The summed E-state index contributed by atoms with van der Waals surface area (Å²) in [6, 6.07) is 0. The summed E-state index contributed by atoms with van der Waals surface area (Å²) in [5, 5.41) is 11.1. The molecule has 0 unspecified atom stereocenters. The molecule has 0 bridgehead atoms. The molecule has 13 heteroatoms. The quantitative estimate of drug-likeness (QED) is 0.263. The fourth-order valence-corrected chi connectivity index (χ4v) is 1.67. The maximum Gasteiger partial charge on any atom is 0.534 e. The van der Waals surface area contributed by atoms with Gasteiger partial charge in [0.1, 0.15) is 13.2 Å². The largest absolute Gasteiger partial charge is 0.534 e. The van der Waals surface area contributed by atoms with Gasteiger partial charge in [0.05, 0.1) is 13.2 Å². The third kappa shape index (κ3) is 13.8. The van der Waals surface area contributed by atoms with E-state index in [1.165, 1.54) is 14.2 Å². The smallest absolute Gasteiger partial charge is 0.481 e. The number of aliphatic carboxylic acids is 1. The van der Waals surface area contributed by atoms with E-state index < -0.39 is 30.0 Å².